The molecule has 0 saturated heterocycles. The van der Waals surface area contributed by atoms with E-state index in [1.807, 2.05) is 6.08 Å². The molecule has 2 heterocycles. The zero-order valence-electron chi connectivity index (χ0n) is 4.85. The van der Waals surface area contributed by atoms with E-state index in [1.54, 1.807) is 12.5 Å². The molecule has 0 spiro atoms. The van der Waals surface area contributed by atoms with E-state index in [4.69, 9.17) is 4.74 Å². The zero-order chi connectivity index (χ0) is 6.10. The molecule has 9 heavy (non-hydrogen) atoms. The zero-order valence-corrected chi connectivity index (χ0v) is 4.85. The smallest absolute Gasteiger partial charge is 0.128 e. The molecular formula is C7H6NO. The Kier molecular flexibility index (Phi) is 0.859. The summed E-state index contributed by atoms with van der Waals surface area (Å²) < 4.78 is 5.02. The SMILES string of the molecule is [c]1c[nH]c2c1C=COC2. The molecule has 0 unspecified atom stereocenters. The highest BCUT2D eigenvalue weighted by Gasteiger charge is 2.03. The Morgan fingerprint density at radius 2 is 2.67 bits per heavy atom. The molecule has 1 radical (unpaired) electrons. The number of hydrogen-bond acceptors (Lipinski definition) is 1. The van der Waals surface area contributed by atoms with Gasteiger partial charge in [-0.2, -0.15) is 0 Å². The normalized spacial score (nSPS) is 14.7. The van der Waals surface area contributed by atoms with Crippen molar-refractivity contribution in [1.29, 1.82) is 0 Å². The Hall–Kier alpha value is -1.18. The number of aromatic nitrogens is 1. The summed E-state index contributed by atoms with van der Waals surface area (Å²) in [4.78, 5) is 3.03. The van der Waals surface area contributed by atoms with Gasteiger partial charge in [-0.25, -0.2) is 0 Å². The van der Waals surface area contributed by atoms with Crippen LogP contribution in [-0.2, 0) is 11.3 Å². The second-order valence-corrected chi connectivity index (χ2v) is 1.94. The van der Waals surface area contributed by atoms with Crippen LogP contribution < -0.4 is 0 Å². The average molecular weight is 120 g/mol. The molecule has 0 aliphatic carbocycles. The van der Waals surface area contributed by atoms with Crippen LogP contribution in [0.2, 0.25) is 0 Å². The first-order valence-corrected chi connectivity index (χ1v) is 2.83. The van der Waals surface area contributed by atoms with Crippen molar-refractivity contribution >= 4 is 6.08 Å². The molecule has 2 heteroatoms. The summed E-state index contributed by atoms with van der Waals surface area (Å²) in [6.45, 7) is 0.648. The Morgan fingerprint density at radius 3 is 3.56 bits per heavy atom. The summed E-state index contributed by atoms with van der Waals surface area (Å²) >= 11 is 0. The van der Waals surface area contributed by atoms with Gasteiger partial charge in [-0.1, -0.05) is 0 Å². The molecule has 0 fully saturated rings. The summed E-state index contributed by atoms with van der Waals surface area (Å²) in [6, 6.07) is 3.04. The highest BCUT2D eigenvalue weighted by Crippen LogP contribution is 2.13. The summed E-state index contributed by atoms with van der Waals surface area (Å²) in [5.41, 5.74) is 2.22. The lowest BCUT2D eigenvalue weighted by Gasteiger charge is -2.04. The van der Waals surface area contributed by atoms with E-state index in [-0.39, 0.29) is 0 Å². The molecule has 1 aliphatic rings. The predicted molar refractivity (Wildman–Crippen MR) is 33.5 cm³/mol. The van der Waals surface area contributed by atoms with Crippen LogP contribution in [0.3, 0.4) is 0 Å². The van der Waals surface area contributed by atoms with Crippen molar-refractivity contribution in [2.75, 3.05) is 0 Å². The highest BCUT2D eigenvalue weighted by atomic mass is 16.5. The van der Waals surface area contributed by atoms with Gasteiger partial charge in [0, 0.05) is 17.8 Å². The number of aromatic amines is 1. The lowest BCUT2D eigenvalue weighted by atomic mass is 10.2. The molecule has 1 aromatic heterocycles. The number of nitrogens with one attached hydrogen (secondary N) is 1. The first kappa shape index (κ1) is 4.68. The summed E-state index contributed by atoms with van der Waals surface area (Å²) in [5.74, 6) is 0. The highest BCUT2D eigenvalue weighted by molar-refractivity contribution is 5.51. The van der Waals surface area contributed by atoms with Gasteiger partial charge in [0.05, 0.1) is 12.0 Å². The number of rotatable bonds is 0. The van der Waals surface area contributed by atoms with Gasteiger partial charge in [-0.05, 0) is 6.08 Å². The number of hydrogen-bond donors (Lipinski definition) is 1. The van der Waals surface area contributed by atoms with E-state index < -0.39 is 0 Å². The van der Waals surface area contributed by atoms with Crippen molar-refractivity contribution in [1.82, 2.24) is 4.98 Å². The molecule has 0 atom stereocenters. The third-order valence-electron chi connectivity index (χ3n) is 1.36. The molecule has 2 rings (SSSR count). The summed E-state index contributed by atoms with van der Waals surface area (Å²) in [5, 5.41) is 0. The van der Waals surface area contributed by atoms with Crippen LogP contribution in [-0.4, -0.2) is 4.98 Å². The van der Waals surface area contributed by atoms with Crippen molar-refractivity contribution in [3.63, 3.8) is 0 Å². The van der Waals surface area contributed by atoms with E-state index in [1.165, 1.54) is 0 Å². The lowest BCUT2D eigenvalue weighted by Crippen LogP contribution is -1.93. The van der Waals surface area contributed by atoms with E-state index >= 15 is 0 Å². The molecule has 0 saturated carbocycles. The Morgan fingerprint density at radius 1 is 1.67 bits per heavy atom. The summed E-state index contributed by atoms with van der Waals surface area (Å²) in [7, 11) is 0. The molecule has 0 aromatic carbocycles. The van der Waals surface area contributed by atoms with E-state index in [0.717, 1.165) is 11.3 Å². The largest absolute Gasteiger partial charge is 0.495 e. The minimum Gasteiger partial charge on any atom is -0.495 e. The van der Waals surface area contributed by atoms with Gasteiger partial charge in [0.2, 0.25) is 0 Å². The molecule has 2 nitrogen and oxygen atoms in total. The standard InChI is InChI=1S/C7H6NO/c1-3-8-7-5-9-4-2-6(1)7/h2-4,8H,5H2. The predicted octanol–water partition coefficient (Wildman–Crippen LogP) is 1.32. The van der Waals surface area contributed by atoms with Gasteiger partial charge in [-0.15, -0.1) is 0 Å². The second kappa shape index (κ2) is 1.65. The van der Waals surface area contributed by atoms with Crippen LogP contribution in [0.15, 0.2) is 12.5 Å². The third-order valence-corrected chi connectivity index (χ3v) is 1.36. The van der Waals surface area contributed by atoms with Crippen molar-refractivity contribution in [3.05, 3.63) is 29.8 Å². The monoisotopic (exact) mass is 120 g/mol. The van der Waals surface area contributed by atoms with Crippen LogP contribution in [0.4, 0.5) is 0 Å². The number of H-pyrrole nitrogens is 1. The first-order valence-electron chi connectivity index (χ1n) is 2.83. The molecule has 1 N–H and O–H groups in total. The van der Waals surface area contributed by atoms with Gasteiger partial charge < -0.3 is 9.72 Å². The minimum absolute atomic E-state index is 0.648. The minimum atomic E-state index is 0.648. The van der Waals surface area contributed by atoms with Gasteiger partial charge in [0.15, 0.2) is 0 Å². The van der Waals surface area contributed by atoms with Crippen LogP contribution in [0.25, 0.3) is 6.08 Å². The maximum absolute atomic E-state index is 5.02. The van der Waals surface area contributed by atoms with Crippen molar-refractivity contribution < 1.29 is 4.74 Å². The van der Waals surface area contributed by atoms with Gasteiger partial charge in [0.25, 0.3) is 0 Å². The molecular weight excluding hydrogens is 114 g/mol. The van der Waals surface area contributed by atoms with Crippen molar-refractivity contribution in [3.8, 4) is 0 Å². The Balaban J connectivity index is 2.53. The fourth-order valence-electron chi connectivity index (χ4n) is 0.882. The maximum atomic E-state index is 5.02. The van der Waals surface area contributed by atoms with Crippen LogP contribution in [0, 0.1) is 6.07 Å². The van der Waals surface area contributed by atoms with Crippen molar-refractivity contribution in [2.24, 2.45) is 0 Å². The van der Waals surface area contributed by atoms with Crippen LogP contribution >= 0.6 is 0 Å². The van der Waals surface area contributed by atoms with Crippen molar-refractivity contribution in [2.45, 2.75) is 6.61 Å². The first-order chi connectivity index (χ1) is 4.47. The quantitative estimate of drug-likeness (QED) is 0.548. The number of ether oxygens (including phenoxy) is 1. The lowest BCUT2D eigenvalue weighted by molar-refractivity contribution is 0.231. The Bertz CT molecular complexity index is 237. The van der Waals surface area contributed by atoms with Crippen LogP contribution in [0.5, 0.6) is 0 Å². The van der Waals surface area contributed by atoms with Crippen LogP contribution in [0.1, 0.15) is 11.3 Å². The Labute approximate surface area is 53.2 Å². The van der Waals surface area contributed by atoms with E-state index in [9.17, 15) is 0 Å². The summed E-state index contributed by atoms with van der Waals surface area (Å²) in [6.07, 6.45) is 5.38. The fourth-order valence-corrected chi connectivity index (χ4v) is 0.882. The molecule has 1 aromatic rings. The maximum Gasteiger partial charge on any atom is 0.128 e. The topological polar surface area (TPSA) is 25.0 Å². The molecule has 45 valence electrons. The molecule has 0 bridgehead atoms. The van der Waals surface area contributed by atoms with Gasteiger partial charge in [-0.3, -0.25) is 0 Å². The fraction of sp³-hybridized carbons (Fsp3) is 0.143. The average Bonchev–Trinajstić information content (AvgIpc) is 2.33. The second-order valence-electron chi connectivity index (χ2n) is 1.94. The molecule has 0 amide bonds. The number of fused-ring (bicyclic) bond motifs is 1. The third kappa shape index (κ3) is 0.633. The molecule has 1 aliphatic heterocycles. The van der Waals surface area contributed by atoms with Gasteiger partial charge >= 0.3 is 0 Å². The van der Waals surface area contributed by atoms with Gasteiger partial charge in [0.1, 0.15) is 6.61 Å². The van der Waals surface area contributed by atoms with E-state index in [0.29, 0.717) is 6.61 Å². The van der Waals surface area contributed by atoms with E-state index in [2.05, 4.69) is 11.1 Å².